The van der Waals surface area contributed by atoms with E-state index in [9.17, 15) is 9.90 Å². The molecule has 4 saturated carbocycles. The van der Waals surface area contributed by atoms with Crippen LogP contribution in [-0.4, -0.2) is 17.7 Å². The van der Waals surface area contributed by atoms with Crippen LogP contribution in [0, 0.1) is 17.8 Å². The minimum atomic E-state index is -0.369. The molecule has 0 heterocycles. The van der Waals surface area contributed by atoms with Crippen LogP contribution >= 0.6 is 0 Å². The molecule has 0 spiro atoms. The first-order valence-electron chi connectivity index (χ1n) is 14.0. The SMILES string of the molecule is CCOC(=O)/C=C/c1ccc(O)c(-c2ccc(OCc3ccccc3)c(C34CC5CC(CC(C5)C3)C4)c2)c1. The Labute approximate surface area is 225 Å². The number of ether oxygens (including phenoxy) is 2. The van der Waals surface area contributed by atoms with Gasteiger partial charge in [-0.3, -0.25) is 0 Å². The predicted molar refractivity (Wildman–Crippen MR) is 150 cm³/mol. The van der Waals surface area contributed by atoms with Gasteiger partial charge < -0.3 is 14.6 Å². The fraction of sp³-hybridized carbons (Fsp3) is 0.382. The van der Waals surface area contributed by atoms with Crippen molar-refractivity contribution in [3.05, 3.63) is 89.5 Å². The summed E-state index contributed by atoms with van der Waals surface area (Å²) in [7, 11) is 0. The Morgan fingerprint density at radius 3 is 2.34 bits per heavy atom. The van der Waals surface area contributed by atoms with E-state index in [1.54, 1.807) is 19.1 Å². The van der Waals surface area contributed by atoms with Crippen LogP contribution in [0.15, 0.2) is 72.8 Å². The van der Waals surface area contributed by atoms with Crippen LogP contribution in [0.25, 0.3) is 17.2 Å². The van der Waals surface area contributed by atoms with E-state index >= 15 is 0 Å². The van der Waals surface area contributed by atoms with Gasteiger partial charge in [-0.05, 0) is 116 Å². The van der Waals surface area contributed by atoms with Gasteiger partial charge in [-0.2, -0.15) is 0 Å². The van der Waals surface area contributed by atoms with Gasteiger partial charge in [0.05, 0.1) is 6.61 Å². The third-order valence-corrected chi connectivity index (χ3v) is 8.86. The van der Waals surface area contributed by atoms with E-state index in [2.05, 4.69) is 30.3 Å². The molecule has 4 aliphatic rings. The van der Waals surface area contributed by atoms with E-state index < -0.39 is 0 Å². The summed E-state index contributed by atoms with van der Waals surface area (Å²) in [5, 5.41) is 10.8. The van der Waals surface area contributed by atoms with E-state index in [4.69, 9.17) is 9.47 Å². The second-order valence-electron chi connectivity index (χ2n) is 11.5. The largest absolute Gasteiger partial charge is 0.507 e. The maximum Gasteiger partial charge on any atom is 0.330 e. The fourth-order valence-corrected chi connectivity index (χ4v) is 7.66. The van der Waals surface area contributed by atoms with Crippen molar-refractivity contribution < 1.29 is 19.4 Å². The second-order valence-corrected chi connectivity index (χ2v) is 11.5. The summed E-state index contributed by atoms with van der Waals surface area (Å²) >= 11 is 0. The van der Waals surface area contributed by atoms with Crippen LogP contribution in [0.4, 0.5) is 0 Å². The number of hydrogen-bond donors (Lipinski definition) is 1. The molecule has 7 rings (SSSR count). The van der Waals surface area contributed by atoms with Gasteiger partial charge in [-0.1, -0.05) is 42.5 Å². The third-order valence-electron chi connectivity index (χ3n) is 8.86. The first-order chi connectivity index (χ1) is 18.5. The summed E-state index contributed by atoms with van der Waals surface area (Å²) < 4.78 is 11.5. The molecule has 4 aliphatic carbocycles. The number of benzene rings is 3. The molecule has 4 heteroatoms. The number of phenolic OH excluding ortho intramolecular Hbond substituents is 1. The minimum Gasteiger partial charge on any atom is -0.507 e. The van der Waals surface area contributed by atoms with E-state index in [-0.39, 0.29) is 17.1 Å². The molecular weight excluding hydrogens is 472 g/mol. The van der Waals surface area contributed by atoms with E-state index in [1.807, 2.05) is 30.3 Å². The number of esters is 1. The molecule has 3 aromatic carbocycles. The fourth-order valence-electron chi connectivity index (χ4n) is 7.66. The lowest BCUT2D eigenvalue weighted by molar-refractivity contribution is -0.137. The standard InChI is InChI=1S/C34H36O4/c1-2-37-33(36)13-9-23-8-11-31(35)29(17-23)28-10-12-32(38-22-24-6-4-3-5-7-24)30(18-28)34-19-25-14-26(20-34)16-27(15-25)21-34/h3-13,17-18,25-27,35H,2,14-16,19-22H2,1H3/b13-9+. The molecule has 4 bridgehead atoms. The van der Waals surface area contributed by atoms with Gasteiger partial charge in [0, 0.05) is 17.2 Å². The highest BCUT2D eigenvalue weighted by Gasteiger charge is 2.52. The zero-order chi connectivity index (χ0) is 26.1. The van der Waals surface area contributed by atoms with Crippen LogP contribution in [0.5, 0.6) is 11.5 Å². The minimum absolute atomic E-state index is 0.147. The van der Waals surface area contributed by atoms with E-state index in [0.717, 1.165) is 45.8 Å². The Morgan fingerprint density at radius 1 is 0.947 bits per heavy atom. The van der Waals surface area contributed by atoms with Gasteiger partial charge in [0.15, 0.2) is 0 Å². The molecule has 0 unspecified atom stereocenters. The molecule has 0 aromatic heterocycles. The first-order valence-corrected chi connectivity index (χ1v) is 14.0. The van der Waals surface area contributed by atoms with Crippen molar-refractivity contribution in [3.8, 4) is 22.6 Å². The summed E-state index contributed by atoms with van der Waals surface area (Å²) in [6, 6.07) is 22.2. The van der Waals surface area contributed by atoms with Crippen LogP contribution < -0.4 is 4.74 Å². The number of carbonyl (C=O) groups is 1. The predicted octanol–water partition coefficient (Wildman–Crippen LogP) is 7.68. The highest BCUT2D eigenvalue weighted by Crippen LogP contribution is 2.62. The molecule has 0 radical (unpaired) electrons. The molecular formula is C34H36O4. The van der Waals surface area contributed by atoms with E-state index in [0.29, 0.717) is 13.2 Å². The molecule has 0 saturated heterocycles. The number of carbonyl (C=O) groups excluding carboxylic acids is 1. The molecule has 0 amide bonds. The maximum atomic E-state index is 11.8. The highest BCUT2D eigenvalue weighted by molar-refractivity contribution is 5.87. The molecule has 0 atom stereocenters. The monoisotopic (exact) mass is 508 g/mol. The van der Waals surface area contributed by atoms with E-state index in [1.165, 1.54) is 50.2 Å². The summed E-state index contributed by atoms with van der Waals surface area (Å²) in [5.74, 6) is 3.28. The maximum absolute atomic E-state index is 11.8. The molecule has 38 heavy (non-hydrogen) atoms. The zero-order valence-corrected chi connectivity index (χ0v) is 22.1. The molecule has 3 aromatic rings. The lowest BCUT2D eigenvalue weighted by atomic mass is 9.48. The molecule has 1 N–H and O–H groups in total. The van der Waals surface area contributed by atoms with Crippen molar-refractivity contribution in [2.24, 2.45) is 17.8 Å². The summed E-state index contributed by atoms with van der Waals surface area (Å²) in [4.78, 5) is 11.8. The van der Waals surface area contributed by atoms with Gasteiger partial charge >= 0.3 is 5.97 Å². The second kappa shape index (κ2) is 10.3. The summed E-state index contributed by atoms with van der Waals surface area (Å²) in [5.41, 5.74) is 5.19. The first kappa shape index (κ1) is 24.8. The Bertz CT molecular complexity index is 1300. The average Bonchev–Trinajstić information content (AvgIpc) is 2.91. The summed E-state index contributed by atoms with van der Waals surface area (Å²) in [6.45, 7) is 2.67. The molecule has 4 nitrogen and oxygen atoms in total. The van der Waals surface area contributed by atoms with Gasteiger partial charge in [0.25, 0.3) is 0 Å². The molecule has 0 aliphatic heterocycles. The number of aromatic hydroxyl groups is 1. The van der Waals surface area contributed by atoms with Crippen molar-refractivity contribution >= 4 is 12.0 Å². The lowest BCUT2D eigenvalue weighted by Gasteiger charge is -2.57. The number of rotatable bonds is 8. The molecule has 196 valence electrons. The number of hydrogen-bond acceptors (Lipinski definition) is 4. The van der Waals surface area contributed by atoms with Crippen molar-refractivity contribution in [3.63, 3.8) is 0 Å². The third kappa shape index (κ3) is 4.97. The average molecular weight is 509 g/mol. The van der Waals surface area contributed by atoms with Crippen molar-refractivity contribution in [2.75, 3.05) is 6.61 Å². The highest BCUT2D eigenvalue weighted by atomic mass is 16.5. The topological polar surface area (TPSA) is 55.8 Å². The number of phenols is 1. The Kier molecular flexibility index (Phi) is 6.73. The van der Waals surface area contributed by atoms with Gasteiger partial charge in [0.1, 0.15) is 18.1 Å². The van der Waals surface area contributed by atoms with Crippen molar-refractivity contribution in [1.29, 1.82) is 0 Å². The van der Waals surface area contributed by atoms with Crippen LogP contribution in [0.3, 0.4) is 0 Å². The Morgan fingerprint density at radius 2 is 1.66 bits per heavy atom. The van der Waals surface area contributed by atoms with Crippen LogP contribution in [0.2, 0.25) is 0 Å². The van der Waals surface area contributed by atoms with Crippen molar-refractivity contribution in [1.82, 2.24) is 0 Å². The summed E-state index contributed by atoms with van der Waals surface area (Å²) in [6.07, 6.45) is 11.0. The quantitative estimate of drug-likeness (QED) is 0.250. The lowest BCUT2D eigenvalue weighted by Crippen LogP contribution is -2.48. The Hall–Kier alpha value is -3.53. The van der Waals surface area contributed by atoms with Crippen LogP contribution in [-0.2, 0) is 21.6 Å². The Balaban J connectivity index is 1.37. The zero-order valence-electron chi connectivity index (χ0n) is 22.1. The van der Waals surface area contributed by atoms with Gasteiger partial charge in [-0.15, -0.1) is 0 Å². The van der Waals surface area contributed by atoms with Crippen LogP contribution in [0.1, 0.15) is 62.1 Å². The smallest absolute Gasteiger partial charge is 0.330 e. The molecule has 4 fully saturated rings. The normalized spacial score (nSPS) is 25.6. The van der Waals surface area contributed by atoms with Crippen molar-refractivity contribution in [2.45, 2.75) is 57.5 Å². The van der Waals surface area contributed by atoms with Gasteiger partial charge in [0.2, 0.25) is 0 Å². The van der Waals surface area contributed by atoms with Gasteiger partial charge in [-0.25, -0.2) is 4.79 Å².